The van der Waals surface area contributed by atoms with Crippen molar-refractivity contribution in [2.75, 3.05) is 26.2 Å². The Morgan fingerprint density at radius 2 is 1.61 bits per heavy atom. The zero-order valence-electron chi connectivity index (χ0n) is 20.7. The van der Waals surface area contributed by atoms with Crippen LogP contribution in [0.15, 0.2) is 42.5 Å². The molecule has 2 aromatic carbocycles. The normalized spacial score (nSPS) is 17.6. The highest BCUT2D eigenvalue weighted by Gasteiger charge is 2.38. The second-order valence-electron chi connectivity index (χ2n) is 9.93. The van der Waals surface area contributed by atoms with Gasteiger partial charge in [0.2, 0.25) is 0 Å². The Morgan fingerprint density at radius 1 is 1.00 bits per heavy atom. The van der Waals surface area contributed by atoms with Gasteiger partial charge in [-0.1, -0.05) is 12.1 Å². The van der Waals surface area contributed by atoms with E-state index in [1.807, 2.05) is 6.08 Å². The van der Waals surface area contributed by atoms with Crippen LogP contribution >= 0.6 is 0 Å². The maximum atomic E-state index is 13.9. The molecule has 5 nitrogen and oxygen atoms in total. The molecule has 2 aromatic rings. The van der Waals surface area contributed by atoms with E-state index >= 15 is 0 Å². The number of carbonyl (C=O) groups is 1. The first-order valence-electron chi connectivity index (χ1n) is 11.9. The maximum absolute atomic E-state index is 13.9. The van der Waals surface area contributed by atoms with Crippen LogP contribution in [0.2, 0.25) is 0 Å². The maximum Gasteiger partial charge on any atom is 0.410 e. The minimum Gasteiger partial charge on any atom is -0.444 e. The number of benzene rings is 2. The minimum absolute atomic E-state index is 0.0674. The van der Waals surface area contributed by atoms with Crippen LogP contribution in [-0.4, -0.2) is 47.9 Å². The summed E-state index contributed by atoms with van der Waals surface area (Å²) in [6.07, 6.45) is 2.64. The quantitative estimate of drug-likeness (QED) is 0.524. The molecule has 1 fully saturated rings. The average molecular weight is 509 g/mol. The van der Waals surface area contributed by atoms with E-state index < -0.39 is 40.6 Å². The first kappa shape index (κ1) is 27.7. The molecule has 0 atom stereocenters. The van der Waals surface area contributed by atoms with Crippen molar-refractivity contribution in [3.05, 3.63) is 76.9 Å². The van der Waals surface area contributed by atoms with Crippen molar-refractivity contribution >= 4 is 11.7 Å². The lowest BCUT2D eigenvalue weighted by Gasteiger charge is -2.39. The molecule has 9 heteroatoms. The van der Waals surface area contributed by atoms with Crippen LogP contribution in [0.4, 0.5) is 22.4 Å². The summed E-state index contributed by atoms with van der Waals surface area (Å²) >= 11 is 0. The first-order chi connectivity index (χ1) is 16.9. The molecule has 0 aliphatic carbocycles. The van der Waals surface area contributed by atoms with Gasteiger partial charge >= 0.3 is 6.09 Å². The summed E-state index contributed by atoms with van der Waals surface area (Å²) in [7, 11) is 0. The third kappa shape index (κ3) is 7.30. The molecule has 1 saturated heterocycles. The van der Waals surface area contributed by atoms with E-state index in [1.54, 1.807) is 20.8 Å². The fourth-order valence-corrected chi connectivity index (χ4v) is 4.14. The molecule has 0 bridgehead atoms. The van der Waals surface area contributed by atoms with Crippen LogP contribution < -0.4 is 5.32 Å². The topological polar surface area (TPSA) is 61.8 Å². The van der Waals surface area contributed by atoms with Gasteiger partial charge in [0.05, 0.1) is 5.60 Å². The van der Waals surface area contributed by atoms with Crippen molar-refractivity contribution in [2.24, 2.45) is 0 Å². The predicted octanol–water partition coefficient (Wildman–Crippen LogP) is 5.52. The fourth-order valence-electron chi connectivity index (χ4n) is 4.14. The molecule has 4 rings (SSSR count). The number of carbonyl (C=O) groups excluding carboxylic acids is 1. The summed E-state index contributed by atoms with van der Waals surface area (Å²) in [4.78, 5) is 13.5. The average Bonchev–Trinajstić information content (AvgIpc) is 2.79. The molecule has 196 valence electrons. The molecule has 0 radical (unpaired) electrons. The van der Waals surface area contributed by atoms with Gasteiger partial charge in [0.15, 0.2) is 0 Å². The first-order valence-corrected chi connectivity index (χ1v) is 11.9. The highest BCUT2D eigenvalue weighted by atomic mass is 19.1. The van der Waals surface area contributed by atoms with Gasteiger partial charge in [-0.15, -0.1) is 0 Å². The standard InChI is InChI=1S/C16H21F2NO3.C11H11F2N/c1-15(2,3)22-14(20)19-8-6-16(21,7-9-19)12-5-4-11(17)10-13(12)18;12-9-1-2-10(11(13)7-9)8-3-5-14-6-4-8/h4-5,10,21H,6-9H2,1-3H3;1-3,7,14H,4-6H2. The van der Waals surface area contributed by atoms with E-state index in [-0.39, 0.29) is 31.5 Å². The number of amides is 1. The Bertz CT molecular complexity index is 1110. The summed E-state index contributed by atoms with van der Waals surface area (Å²) in [5, 5.41) is 13.7. The molecular formula is C27H32F4N2O3. The number of nitrogens with one attached hydrogen (secondary N) is 1. The molecule has 2 aliphatic rings. The monoisotopic (exact) mass is 508 g/mol. The van der Waals surface area contributed by atoms with Gasteiger partial charge in [0, 0.05) is 42.9 Å². The third-order valence-corrected chi connectivity index (χ3v) is 6.02. The SMILES string of the molecule is CC(C)(C)OC(=O)N1CCC(O)(c2ccc(F)cc2F)CC1.Fc1ccc(C2=CCNCC2)c(F)c1. The largest absolute Gasteiger partial charge is 0.444 e. The molecular weight excluding hydrogens is 476 g/mol. The Balaban J connectivity index is 0.000000221. The Kier molecular flexibility index (Phi) is 8.79. The number of hydrogen-bond donors (Lipinski definition) is 2. The number of aliphatic hydroxyl groups is 1. The number of halogens is 4. The van der Waals surface area contributed by atoms with E-state index in [0.29, 0.717) is 5.56 Å². The van der Waals surface area contributed by atoms with E-state index in [2.05, 4.69) is 5.32 Å². The lowest BCUT2D eigenvalue weighted by Crippen LogP contribution is -2.47. The van der Waals surface area contributed by atoms with Gasteiger partial charge in [0.1, 0.15) is 28.9 Å². The smallest absolute Gasteiger partial charge is 0.410 e. The molecule has 2 aliphatic heterocycles. The molecule has 1 amide bonds. The van der Waals surface area contributed by atoms with Crippen molar-refractivity contribution in [3.8, 4) is 0 Å². The van der Waals surface area contributed by atoms with Crippen molar-refractivity contribution in [1.82, 2.24) is 10.2 Å². The van der Waals surface area contributed by atoms with E-state index in [1.165, 1.54) is 23.1 Å². The molecule has 0 spiro atoms. The zero-order valence-corrected chi connectivity index (χ0v) is 20.7. The fraction of sp³-hybridized carbons (Fsp3) is 0.444. The number of likely N-dealkylation sites (tertiary alicyclic amines) is 1. The number of rotatable bonds is 2. The van der Waals surface area contributed by atoms with E-state index in [0.717, 1.165) is 43.3 Å². The Hall–Kier alpha value is -2.91. The van der Waals surface area contributed by atoms with E-state index in [9.17, 15) is 27.5 Å². The summed E-state index contributed by atoms with van der Waals surface area (Å²) in [6, 6.07) is 6.86. The third-order valence-electron chi connectivity index (χ3n) is 6.02. The summed E-state index contributed by atoms with van der Waals surface area (Å²) in [5.74, 6) is -2.46. The zero-order chi connectivity index (χ0) is 26.5. The predicted molar refractivity (Wildman–Crippen MR) is 129 cm³/mol. The molecule has 2 heterocycles. The lowest BCUT2D eigenvalue weighted by atomic mass is 9.84. The molecule has 2 N–H and O–H groups in total. The van der Waals surface area contributed by atoms with Gasteiger partial charge in [-0.2, -0.15) is 0 Å². The van der Waals surface area contributed by atoms with Crippen LogP contribution in [0.5, 0.6) is 0 Å². The highest BCUT2D eigenvalue weighted by Crippen LogP contribution is 2.35. The summed E-state index contributed by atoms with van der Waals surface area (Å²) in [5.41, 5.74) is -0.434. The van der Waals surface area contributed by atoms with Crippen molar-refractivity contribution < 1.29 is 32.2 Å². The van der Waals surface area contributed by atoms with Crippen LogP contribution in [0.1, 0.15) is 51.2 Å². The summed E-state index contributed by atoms with van der Waals surface area (Å²) in [6.45, 7) is 7.44. The minimum atomic E-state index is -1.39. The van der Waals surface area contributed by atoms with Crippen LogP contribution in [-0.2, 0) is 10.3 Å². The van der Waals surface area contributed by atoms with Gasteiger partial charge < -0.3 is 20.1 Å². The second kappa shape index (κ2) is 11.4. The molecule has 36 heavy (non-hydrogen) atoms. The van der Waals surface area contributed by atoms with Crippen molar-refractivity contribution in [2.45, 2.75) is 51.2 Å². The van der Waals surface area contributed by atoms with E-state index in [4.69, 9.17) is 4.74 Å². The molecule has 0 aromatic heterocycles. The van der Waals surface area contributed by atoms with Crippen LogP contribution in [0, 0.1) is 23.3 Å². The number of nitrogens with zero attached hydrogens (tertiary/aromatic N) is 1. The number of ether oxygens (including phenoxy) is 1. The lowest BCUT2D eigenvalue weighted by molar-refractivity contribution is -0.0375. The van der Waals surface area contributed by atoms with Crippen molar-refractivity contribution in [1.29, 1.82) is 0 Å². The number of hydrogen-bond acceptors (Lipinski definition) is 4. The Labute approximate surface area is 208 Å². The van der Waals surface area contributed by atoms with Gasteiger partial charge in [-0.25, -0.2) is 22.4 Å². The van der Waals surface area contributed by atoms with Crippen molar-refractivity contribution in [3.63, 3.8) is 0 Å². The van der Waals surface area contributed by atoms with Gasteiger partial charge in [-0.05, 0) is 70.4 Å². The highest BCUT2D eigenvalue weighted by molar-refractivity contribution is 5.68. The van der Waals surface area contributed by atoms with Gasteiger partial charge in [0.25, 0.3) is 0 Å². The summed E-state index contributed by atoms with van der Waals surface area (Å²) < 4.78 is 58.1. The number of piperidine rings is 1. The molecule has 0 saturated carbocycles. The Morgan fingerprint density at radius 3 is 2.14 bits per heavy atom. The molecule has 0 unspecified atom stereocenters. The second-order valence-corrected chi connectivity index (χ2v) is 9.93. The van der Waals surface area contributed by atoms with Crippen LogP contribution in [0.3, 0.4) is 0 Å². The van der Waals surface area contributed by atoms with Gasteiger partial charge in [-0.3, -0.25) is 0 Å². The van der Waals surface area contributed by atoms with Crippen LogP contribution in [0.25, 0.3) is 5.57 Å².